The van der Waals surface area contributed by atoms with Gasteiger partial charge in [-0.2, -0.15) is 0 Å². The second-order valence-corrected chi connectivity index (χ2v) is 4.48. The number of nitrogens with one attached hydrogen (secondary N) is 1. The molecule has 0 aromatic heterocycles. The molecule has 5 nitrogen and oxygen atoms in total. The van der Waals surface area contributed by atoms with E-state index in [1.807, 2.05) is 0 Å². The Labute approximate surface area is 112 Å². The van der Waals surface area contributed by atoms with Crippen molar-refractivity contribution in [2.75, 3.05) is 19.8 Å². The van der Waals surface area contributed by atoms with Gasteiger partial charge >= 0.3 is 5.97 Å². The Balaban J connectivity index is 2.14. The molecule has 0 bridgehead atoms. The predicted octanol–water partition coefficient (Wildman–Crippen LogP) is 1.97. The maximum atomic E-state index is 11.3. The highest BCUT2D eigenvalue weighted by Gasteiger charge is 2.21. The largest absolute Gasteiger partial charge is 0.486 e. The van der Waals surface area contributed by atoms with Gasteiger partial charge in [-0.15, -0.1) is 0 Å². The number of aliphatic carboxylic acids is 1. The number of carbonyl (C=O) groups is 1. The molecule has 5 heteroatoms. The van der Waals surface area contributed by atoms with Crippen LogP contribution in [0.5, 0.6) is 11.5 Å². The summed E-state index contributed by atoms with van der Waals surface area (Å²) < 4.78 is 10.9. The first-order chi connectivity index (χ1) is 9.22. The molecule has 0 saturated heterocycles. The third-order valence-corrected chi connectivity index (χ3v) is 3.03. The fraction of sp³-hybridized carbons (Fsp3) is 0.500. The quantitative estimate of drug-likeness (QED) is 0.770. The molecule has 2 N–H and O–H groups in total. The second kappa shape index (κ2) is 6.43. The van der Waals surface area contributed by atoms with Crippen LogP contribution in [-0.4, -0.2) is 30.8 Å². The van der Waals surface area contributed by atoms with Crippen molar-refractivity contribution in [2.45, 2.75) is 25.8 Å². The Morgan fingerprint density at radius 2 is 2.11 bits per heavy atom. The SMILES string of the molecule is CCCCNC(C(=O)O)c1ccc2c(c1)OCCO2. The molecule has 0 fully saturated rings. The van der Waals surface area contributed by atoms with Gasteiger partial charge in [0.05, 0.1) is 0 Å². The van der Waals surface area contributed by atoms with Crippen LogP contribution in [0.25, 0.3) is 0 Å². The molecule has 1 aliphatic heterocycles. The van der Waals surface area contributed by atoms with E-state index >= 15 is 0 Å². The van der Waals surface area contributed by atoms with Crippen LogP contribution < -0.4 is 14.8 Å². The Kier molecular flexibility index (Phi) is 4.63. The molecule has 1 aliphatic rings. The number of carboxylic acids is 1. The number of ether oxygens (including phenoxy) is 2. The van der Waals surface area contributed by atoms with E-state index in [0.717, 1.165) is 12.8 Å². The van der Waals surface area contributed by atoms with Gasteiger partial charge in [-0.25, -0.2) is 0 Å². The van der Waals surface area contributed by atoms with Crippen molar-refractivity contribution in [3.8, 4) is 11.5 Å². The second-order valence-electron chi connectivity index (χ2n) is 4.48. The van der Waals surface area contributed by atoms with E-state index in [9.17, 15) is 9.90 Å². The smallest absolute Gasteiger partial charge is 0.325 e. The molecular weight excluding hydrogens is 246 g/mol. The van der Waals surface area contributed by atoms with Gasteiger partial charge in [0.1, 0.15) is 19.3 Å². The normalized spacial score (nSPS) is 15.0. The lowest BCUT2D eigenvalue weighted by Crippen LogP contribution is -2.29. The minimum Gasteiger partial charge on any atom is -0.486 e. The molecule has 1 heterocycles. The van der Waals surface area contributed by atoms with E-state index < -0.39 is 12.0 Å². The van der Waals surface area contributed by atoms with Crippen molar-refractivity contribution in [3.05, 3.63) is 23.8 Å². The topological polar surface area (TPSA) is 67.8 Å². The van der Waals surface area contributed by atoms with Gasteiger partial charge < -0.3 is 19.9 Å². The van der Waals surface area contributed by atoms with Crippen LogP contribution in [0, 0.1) is 0 Å². The summed E-state index contributed by atoms with van der Waals surface area (Å²) >= 11 is 0. The summed E-state index contributed by atoms with van der Waals surface area (Å²) in [4.78, 5) is 11.3. The summed E-state index contributed by atoms with van der Waals surface area (Å²) in [7, 11) is 0. The Morgan fingerprint density at radius 1 is 1.37 bits per heavy atom. The molecule has 1 aromatic rings. The molecule has 0 spiro atoms. The first-order valence-electron chi connectivity index (χ1n) is 6.58. The van der Waals surface area contributed by atoms with Crippen molar-refractivity contribution in [3.63, 3.8) is 0 Å². The Hall–Kier alpha value is -1.75. The molecular formula is C14H19NO4. The van der Waals surface area contributed by atoms with Crippen LogP contribution in [0.15, 0.2) is 18.2 Å². The fourth-order valence-corrected chi connectivity index (χ4v) is 2.01. The van der Waals surface area contributed by atoms with Crippen LogP contribution in [0.4, 0.5) is 0 Å². The van der Waals surface area contributed by atoms with E-state index in [1.54, 1.807) is 18.2 Å². The summed E-state index contributed by atoms with van der Waals surface area (Å²) in [5.74, 6) is 0.410. The third kappa shape index (κ3) is 3.38. The zero-order valence-electron chi connectivity index (χ0n) is 11.0. The summed E-state index contributed by atoms with van der Waals surface area (Å²) in [6.45, 7) is 3.78. The monoisotopic (exact) mass is 265 g/mol. The molecule has 0 radical (unpaired) electrons. The van der Waals surface area contributed by atoms with Crippen molar-refractivity contribution in [1.82, 2.24) is 5.32 Å². The number of hydrogen-bond acceptors (Lipinski definition) is 4. The molecule has 1 unspecified atom stereocenters. The zero-order chi connectivity index (χ0) is 13.7. The average molecular weight is 265 g/mol. The minimum atomic E-state index is -0.882. The maximum absolute atomic E-state index is 11.3. The molecule has 0 saturated carbocycles. The van der Waals surface area contributed by atoms with Crippen molar-refractivity contribution < 1.29 is 19.4 Å². The highest BCUT2D eigenvalue weighted by Crippen LogP contribution is 2.32. The van der Waals surface area contributed by atoms with Gasteiger partial charge in [-0.1, -0.05) is 19.4 Å². The van der Waals surface area contributed by atoms with Crippen molar-refractivity contribution in [2.24, 2.45) is 0 Å². The maximum Gasteiger partial charge on any atom is 0.325 e. The average Bonchev–Trinajstić information content (AvgIpc) is 2.43. The summed E-state index contributed by atoms with van der Waals surface area (Å²) in [6.07, 6.45) is 1.98. The van der Waals surface area contributed by atoms with Gasteiger partial charge in [0.2, 0.25) is 0 Å². The number of benzene rings is 1. The molecule has 0 aliphatic carbocycles. The molecule has 2 rings (SSSR count). The minimum absolute atomic E-state index is 0.497. The van der Waals surface area contributed by atoms with E-state index in [2.05, 4.69) is 12.2 Å². The van der Waals surface area contributed by atoms with Crippen LogP contribution in [-0.2, 0) is 4.79 Å². The fourth-order valence-electron chi connectivity index (χ4n) is 2.01. The van der Waals surface area contributed by atoms with Gasteiger partial charge in [0.15, 0.2) is 11.5 Å². The van der Waals surface area contributed by atoms with E-state index in [4.69, 9.17) is 9.47 Å². The number of rotatable bonds is 6. The molecule has 104 valence electrons. The first kappa shape index (κ1) is 13.7. The van der Waals surface area contributed by atoms with Gasteiger partial charge in [0, 0.05) is 0 Å². The molecule has 1 aromatic carbocycles. The lowest BCUT2D eigenvalue weighted by Gasteiger charge is -2.21. The Bertz CT molecular complexity index is 447. The Morgan fingerprint density at radius 3 is 2.79 bits per heavy atom. The summed E-state index contributed by atoms with van der Waals surface area (Å²) in [5.41, 5.74) is 0.688. The van der Waals surface area contributed by atoms with Crippen LogP contribution in [0.1, 0.15) is 31.4 Å². The van der Waals surface area contributed by atoms with Crippen LogP contribution in [0.3, 0.4) is 0 Å². The van der Waals surface area contributed by atoms with Gasteiger partial charge in [-0.3, -0.25) is 4.79 Å². The van der Waals surface area contributed by atoms with Crippen LogP contribution >= 0.6 is 0 Å². The number of carboxylic acid groups (broad SMARTS) is 1. The van der Waals surface area contributed by atoms with Crippen molar-refractivity contribution in [1.29, 1.82) is 0 Å². The van der Waals surface area contributed by atoms with Crippen molar-refractivity contribution >= 4 is 5.97 Å². The van der Waals surface area contributed by atoms with E-state index in [1.165, 1.54) is 0 Å². The predicted molar refractivity (Wildman–Crippen MR) is 70.7 cm³/mol. The third-order valence-electron chi connectivity index (χ3n) is 3.03. The molecule has 19 heavy (non-hydrogen) atoms. The lowest BCUT2D eigenvalue weighted by atomic mass is 10.1. The number of hydrogen-bond donors (Lipinski definition) is 2. The van der Waals surface area contributed by atoms with Crippen LogP contribution in [0.2, 0.25) is 0 Å². The van der Waals surface area contributed by atoms with Gasteiger partial charge in [0.25, 0.3) is 0 Å². The lowest BCUT2D eigenvalue weighted by molar-refractivity contribution is -0.139. The highest BCUT2D eigenvalue weighted by molar-refractivity contribution is 5.76. The zero-order valence-corrected chi connectivity index (χ0v) is 11.0. The molecule has 1 atom stereocenters. The summed E-state index contributed by atoms with van der Waals surface area (Å²) in [6, 6.07) is 4.57. The standard InChI is InChI=1S/C14H19NO4/c1-2-3-6-15-13(14(16)17)10-4-5-11-12(9-10)19-8-7-18-11/h4-5,9,13,15H,2-3,6-8H2,1H3,(H,16,17). The highest BCUT2D eigenvalue weighted by atomic mass is 16.6. The number of fused-ring (bicyclic) bond motifs is 1. The number of unbranched alkanes of at least 4 members (excludes halogenated alkanes) is 1. The summed E-state index contributed by atoms with van der Waals surface area (Å²) in [5, 5.41) is 12.3. The van der Waals surface area contributed by atoms with E-state index in [-0.39, 0.29) is 0 Å². The first-order valence-corrected chi connectivity index (χ1v) is 6.58. The van der Waals surface area contributed by atoms with Gasteiger partial charge in [-0.05, 0) is 30.7 Å². The van der Waals surface area contributed by atoms with E-state index in [0.29, 0.717) is 36.8 Å². The molecule has 0 amide bonds.